The molecule has 1 fully saturated rings. The third-order valence-electron chi connectivity index (χ3n) is 2.59. The van der Waals surface area contributed by atoms with E-state index in [1.807, 2.05) is 0 Å². The molecule has 0 saturated carbocycles. The van der Waals surface area contributed by atoms with Crippen molar-refractivity contribution in [1.82, 2.24) is 10.3 Å². The summed E-state index contributed by atoms with van der Waals surface area (Å²) < 4.78 is 10.8. The molecule has 0 aromatic carbocycles. The first-order valence-electron chi connectivity index (χ1n) is 5.82. The lowest BCUT2D eigenvalue weighted by atomic mass is 10.2. The number of nitrogens with one attached hydrogen (secondary N) is 1. The van der Waals surface area contributed by atoms with Gasteiger partial charge in [0.2, 0.25) is 5.88 Å². The van der Waals surface area contributed by atoms with Gasteiger partial charge in [-0.25, -0.2) is 4.98 Å². The molecule has 5 nitrogen and oxygen atoms in total. The topological polar surface area (TPSA) is 60.5 Å². The van der Waals surface area contributed by atoms with E-state index in [2.05, 4.69) is 16.2 Å². The molecule has 1 aliphatic heterocycles. The average Bonchev–Trinajstić information content (AvgIpc) is 2.91. The third kappa shape index (κ3) is 3.60. The second kappa shape index (κ2) is 6.41. The van der Waals surface area contributed by atoms with E-state index in [0.717, 1.165) is 6.42 Å². The smallest absolute Gasteiger partial charge is 0.253 e. The predicted molar refractivity (Wildman–Crippen MR) is 70.3 cm³/mol. The van der Waals surface area contributed by atoms with Crippen molar-refractivity contribution < 1.29 is 14.3 Å². The van der Waals surface area contributed by atoms with Crippen molar-refractivity contribution in [3.05, 3.63) is 22.8 Å². The molecule has 2 heterocycles. The van der Waals surface area contributed by atoms with Crippen molar-refractivity contribution in [2.45, 2.75) is 12.5 Å². The summed E-state index contributed by atoms with van der Waals surface area (Å²) in [4.78, 5) is 15.7. The number of ether oxygens (including phenoxy) is 2. The highest BCUT2D eigenvalue weighted by atomic mass is 35.5. The van der Waals surface area contributed by atoms with Crippen LogP contribution >= 0.6 is 11.6 Å². The molecule has 0 bridgehead atoms. The van der Waals surface area contributed by atoms with Crippen LogP contribution < -0.4 is 10.1 Å². The van der Waals surface area contributed by atoms with Gasteiger partial charge < -0.3 is 14.8 Å². The van der Waals surface area contributed by atoms with E-state index in [4.69, 9.17) is 27.5 Å². The molecule has 0 radical (unpaired) electrons. The van der Waals surface area contributed by atoms with Crippen molar-refractivity contribution in [1.29, 1.82) is 0 Å². The minimum Gasteiger partial charge on any atom is -0.471 e. The Balaban J connectivity index is 2.04. The second-order valence-electron chi connectivity index (χ2n) is 4.00. The summed E-state index contributed by atoms with van der Waals surface area (Å²) in [5.74, 6) is 2.31. The van der Waals surface area contributed by atoms with Gasteiger partial charge >= 0.3 is 0 Å². The Morgan fingerprint density at radius 2 is 2.58 bits per heavy atom. The van der Waals surface area contributed by atoms with Crippen LogP contribution in [0.15, 0.2) is 12.3 Å². The summed E-state index contributed by atoms with van der Waals surface area (Å²) >= 11 is 6.04. The Kier molecular flexibility index (Phi) is 4.61. The molecule has 1 atom stereocenters. The Morgan fingerprint density at radius 3 is 3.21 bits per heavy atom. The molecule has 1 aromatic rings. The van der Waals surface area contributed by atoms with Crippen molar-refractivity contribution in [2.24, 2.45) is 0 Å². The second-order valence-corrected chi connectivity index (χ2v) is 4.41. The van der Waals surface area contributed by atoms with Gasteiger partial charge in [0.1, 0.15) is 11.1 Å². The van der Waals surface area contributed by atoms with Crippen LogP contribution in [-0.2, 0) is 4.74 Å². The molecule has 0 spiro atoms. The van der Waals surface area contributed by atoms with Crippen LogP contribution in [0.25, 0.3) is 0 Å². The maximum atomic E-state index is 11.6. The lowest BCUT2D eigenvalue weighted by Gasteiger charge is -2.12. The largest absolute Gasteiger partial charge is 0.471 e. The summed E-state index contributed by atoms with van der Waals surface area (Å²) in [6.07, 6.45) is 7.24. The summed E-state index contributed by atoms with van der Waals surface area (Å²) in [7, 11) is 0. The number of terminal acetylenes is 1. The monoisotopic (exact) mass is 280 g/mol. The average molecular weight is 281 g/mol. The number of halogens is 1. The lowest BCUT2D eigenvalue weighted by molar-refractivity contribution is 0.0958. The summed E-state index contributed by atoms with van der Waals surface area (Å²) in [5, 5.41) is 2.83. The Hall–Kier alpha value is -1.77. The van der Waals surface area contributed by atoms with Gasteiger partial charge in [-0.3, -0.25) is 4.79 Å². The van der Waals surface area contributed by atoms with Crippen LogP contribution in [0, 0.1) is 12.3 Å². The van der Waals surface area contributed by atoms with Crippen LogP contribution in [0.3, 0.4) is 0 Å². The minimum absolute atomic E-state index is 0.0360. The van der Waals surface area contributed by atoms with Crippen molar-refractivity contribution in [2.75, 3.05) is 19.8 Å². The molecule has 1 amide bonds. The SMILES string of the molecule is C#CCNC(=O)c1cnc(O[C@H]2CCOC2)c(Cl)c1. The van der Waals surface area contributed by atoms with Crippen LogP contribution in [0.2, 0.25) is 5.02 Å². The fourth-order valence-electron chi connectivity index (χ4n) is 1.63. The number of hydrogen-bond donors (Lipinski definition) is 1. The van der Waals surface area contributed by atoms with Crippen LogP contribution in [0.1, 0.15) is 16.8 Å². The molecule has 1 saturated heterocycles. The highest BCUT2D eigenvalue weighted by Gasteiger charge is 2.19. The molecule has 1 aromatic heterocycles. The van der Waals surface area contributed by atoms with Gasteiger partial charge in [-0.2, -0.15) is 0 Å². The van der Waals surface area contributed by atoms with E-state index in [-0.39, 0.29) is 18.6 Å². The zero-order valence-corrected chi connectivity index (χ0v) is 10.9. The van der Waals surface area contributed by atoms with E-state index in [0.29, 0.717) is 29.7 Å². The van der Waals surface area contributed by atoms with Gasteiger partial charge in [0.25, 0.3) is 5.91 Å². The summed E-state index contributed by atoms with van der Waals surface area (Å²) in [6.45, 7) is 1.37. The maximum absolute atomic E-state index is 11.6. The van der Waals surface area contributed by atoms with Gasteiger partial charge in [0.05, 0.1) is 25.3 Å². The number of hydrogen-bond acceptors (Lipinski definition) is 4. The van der Waals surface area contributed by atoms with Crippen molar-refractivity contribution >= 4 is 17.5 Å². The number of rotatable bonds is 4. The van der Waals surface area contributed by atoms with Gasteiger partial charge in [0.15, 0.2) is 0 Å². The number of carbonyl (C=O) groups excluding carboxylic acids is 1. The number of aromatic nitrogens is 1. The molecule has 1 N–H and O–H groups in total. The highest BCUT2D eigenvalue weighted by molar-refractivity contribution is 6.32. The molecule has 100 valence electrons. The van der Waals surface area contributed by atoms with Gasteiger partial charge in [0, 0.05) is 12.6 Å². The Bertz CT molecular complexity index is 507. The number of carbonyl (C=O) groups is 1. The summed E-state index contributed by atoms with van der Waals surface area (Å²) in [6, 6.07) is 1.51. The van der Waals surface area contributed by atoms with Crippen LogP contribution in [0.5, 0.6) is 5.88 Å². The van der Waals surface area contributed by atoms with Crippen molar-refractivity contribution in [3.63, 3.8) is 0 Å². The fraction of sp³-hybridized carbons (Fsp3) is 0.385. The Morgan fingerprint density at radius 1 is 1.74 bits per heavy atom. The number of nitrogens with zero attached hydrogens (tertiary/aromatic N) is 1. The van der Waals surface area contributed by atoms with E-state index in [1.165, 1.54) is 12.3 Å². The van der Waals surface area contributed by atoms with Crippen molar-refractivity contribution in [3.8, 4) is 18.2 Å². The first-order valence-corrected chi connectivity index (χ1v) is 6.20. The predicted octanol–water partition coefficient (Wildman–Crippen LogP) is 1.27. The molecule has 1 aliphatic rings. The van der Waals surface area contributed by atoms with Gasteiger partial charge in [-0.1, -0.05) is 17.5 Å². The number of pyridine rings is 1. The lowest BCUT2D eigenvalue weighted by Crippen LogP contribution is -2.24. The Labute approximate surface area is 116 Å². The number of amides is 1. The normalized spacial score (nSPS) is 17.8. The molecule has 19 heavy (non-hydrogen) atoms. The molecule has 6 heteroatoms. The maximum Gasteiger partial charge on any atom is 0.253 e. The van der Waals surface area contributed by atoms with E-state index >= 15 is 0 Å². The zero-order chi connectivity index (χ0) is 13.7. The van der Waals surface area contributed by atoms with E-state index in [9.17, 15) is 4.79 Å². The standard InChI is InChI=1S/C13H13ClN2O3/c1-2-4-15-12(17)9-6-11(14)13(16-7-9)19-10-3-5-18-8-10/h1,6-7,10H,3-5,8H2,(H,15,17)/t10-/m0/s1. The van der Waals surface area contributed by atoms with E-state index in [1.54, 1.807) is 0 Å². The third-order valence-corrected chi connectivity index (χ3v) is 2.86. The summed E-state index contributed by atoms with van der Waals surface area (Å²) in [5.41, 5.74) is 0.343. The van der Waals surface area contributed by atoms with Gasteiger partial charge in [-0.05, 0) is 6.07 Å². The molecule has 0 aliphatic carbocycles. The van der Waals surface area contributed by atoms with Crippen LogP contribution in [0.4, 0.5) is 0 Å². The quantitative estimate of drug-likeness (QED) is 0.844. The van der Waals surface area contributed by atoms with Crippen LogP contribution in [-0.4, -0.2) is 36.8 Å². The molecule has 2 rings (SSSR count). The van der Waals surface area contributed by atoms with E-state index < -0.39 is 0 Å². The molecular formula is C13H13ClN2O3. The zero-order valence-electron chi connectivity index (χ0n) is 10.2. The first kappa shape index (κ1) is 13.7. The minimum atomic E-state index is -0.317. The molecular weight excluding hydrogens is 268 g/mol. The first-order chi connectivity index (χ1) is 9.20. The van der Waals surface area contributed by atoms with Gasteiger partial charge in [-0.15, -0.1) is 6.42 Å². The highest BCUT2D eigenvalue weighted by Crippen LogP contribution is 2.25. The molecule has 0 unspecified atom stereocenters. The fourth-order valence-corrected chi connectivity index (χ4v) is 1.84.